The summed E-state index contributed by atoms with van der Waals surface area (Å²) in [5, 5.41) is 24.3. The molecule has 2 rings (SSSR count). The molecule has 0 amide bonds. The van der Waals surface area contributed by atoms with E-state index in [1.54, 1.807) is 18.2 Å². The van der Waals surface area contributed by atoms with Gasteiger partial charge in [0.25, 0.3) is 5.69 Å². The molecule has 5 nitrogen and oxygen atoms in total. The Hall–Kier alpha value is -1.46. The van der Waals surface area contributed by atoms with Crippen LogP contribution in [0.3, 0.4) is 0 Å². The molecule has 1 aromatic rings. The fraction of sp³-hybridized carbons (Fsp3) is 0.500. The first-order valence-electron chi connectivity index (χ1n) is 5.76. The van der Waals surface area contributed by atoms with Crippen LogP contribution in [0.1, 0.15) is 18.4 Å². The number of benzene rings is 1. The molecule has 1 saturated heterocycles. The molecule has 0 bridgehead atoms. The first kappa shape index (κ1) is 12.0. The lowest BCUT2D eigenvalue weighted by Crippen LogP contribution is -2.47. The highest BCUT2D eigenvalue weighted by atomic mass is 16.6. The van der Waals surface area contributed by atoms with E-state index >= 15 is 0 Å². The zero-order chi connectivity index (χ0) is 12.3. The van der Waals surface area contributed by atoms with Crippen LogP contribution in [0.4, 0.5) is 5.69 Å². The van der Waals surface area contributed by atoms with Crippen molar-refractivity contribution in [2.24, 2.45) is 0 Å². The van der Waals surface area contributed by atoms with Gasteiger partial charge in [-0.3, -0.25) is 10.1 Å². The number of β-amino-alcohol motifs (C(OH)–C–C–N with tert-alkyl or cyclic N) is 1. The van der Waals surface area contributed by atoms with E-state index in [4.69, 9.17) is 0 Å². The lowest BCUT2D eigenvalue weighted by Gasteiger charge is -2.32. The molecule has 1 fully saturated rings. The molecule has 0 aromatic heterocycles. The van der Waals surface area contributed by atoms with Gasteiger partial charge in [-0.2, -0.15) is 0 Å². The summed E-state index contributed by atoms with van der Waals surface area (Å²) in [7, 11) is 0. The van der Waals surface area contributed by atoms with Crippen molar-refractivity contribution in [1.82, 2.24) is 5.32 Å². The van der Waals surface area contributed by atoms with Crippen LogP contribution in [0.5, 0.6) is 0 Å². The van der Waals surface area contributed by atoms with Gasteiger partial charge in [-0.15, -0.1) is 0 Å². The Bertz CT molecular complexity index is 414. The highest BCUT2D eigenvalue weighted by Crippen LogP contribution is 2.26. The monoisotopic (exact) mass is 236 g/mol. The Morgan fingerprint density at radius 3 is 2.88 bits per heavy atom. The molecule has 92 valence electrons. The van der Waals surface area contributed by atoms with Gasteiger partial charge in [0, 0.05) is 24.6 Å². The fourth-order valence-electron chi connectivity index (χ4n) is 2.30. The van der Waals surface area contributed by atoms with E-state index in [-0.39, 0.29) is 5.69 Å². The molecule has 0 spiro atoms. The van der Waals surface area contributed by atoms with E-state index in [2.05, 4.69) is 5.32 Å². The smallest absolute Gasteiger partial charge is 0.272 e. The third-order valence-electron chi connectivity index (χ3n) is 3.16. The molecule has 1 atom stereocenters. The van der Waals surface area contributed by atoms with Crippen LogP contribution in [0.25, 0.3) is 0 Å². The van der Waals surface area contributed by atoms with Crippen LogP contribution in [-0.2, 0) is 6.42 Å². The second-order valence-electron chi connectivity index (χ2n) is 4.57. The van der Waals surface area contributed by atoms with Gasteiger partial charge in [0.05, 0.1) is 10.5 Å². The minimum absolute atomic E-state index is 0.0894. The number of piperidine rings is 1. The molecule has 17 heavy (non-hydrogen) atoms. The second-order valence-corrected chi connectivity index (χ2v) is 4.57. The number of hydrogen-bond acceptors (Lipinski definition) is 4. The maximum absolute atomic E-state index is 10.9. The summed E-state index contributed by atoms with van der Waals surface area (Å²) < 4.78 is 0. The minimum Gasteiger partial charge on any atom is -0.388 e. The van der Waals surface area contributed by atoms with Gasteiger partial charge in [0.1, 0.15) is 0 Å². The number of para-hydroxylation sites is 1. The van der Waals surface area contributed by atoms with Crippen LogP contribution in [0, 0.1) is 10.1 Å². The van der Waals surface area contributed by atoms with Crippen LogP contribution in [0.2, 0.25) is 0 Å². The van der Waals surface area contributed by atoms with Crippen molar-refractivity contribution >= 4 is 5.69 Å². The van der Waals surface area contributed by atoms with Gasteiger partial charge in [0.2, 0.25) is 0 Å². The first-order chi connectivity index (χ1) is 8.11. The molecule has 1 aromatic carbocycles. The quantitative estimate of drug-likeness (QED) is 0.611. The van der Waals surface area contributed by atoms with Crippen LogP contribution >= 0.6 is 0 Å². The number of nitro benzene ring substituents is 1. The Morgan fingerprint density at radius 2 is 2.24 bits per heavy atom. The number of hydrogen-bond donors (Lipinski definition) is 2. The third-order valence-corrected chi connectivity index (χ3v) is 3.16. The maximum Gasteiger partial charge on any atom is 0.272 e. The summed E-state index contributed by atoms with van der Waals surface area (Å²) in [5.41, 5.74) is -0.167. The fourth-order valence-corrected chi connectivity index (χ4v) is 2.30. The predicted octanol–water partition coefficient (Wildman–Crippen LogP) is 1.25. The van der Waals surface area contributed by atoms with Crippen LogP contribution < -0.4 is 5.32 Å². The Balaban J connectivity index is 2.20. The minimum atomic E-state index is -0.857. The number of rotatable bonds is 3. The van der Waals surface area contributed by atoms with Crippen LogP contribution in [0.15, 0.2) is 24.3 Å². The van der Waals surface area contributed by atoms with Gasteiger partial charge in [0.15, 0.2) is 0 Å². The molecule has 1 heterocycles. The molecule has 0 aliphatic carbocycles. The summed E-state index contributed by atoms with van der Waals surface area (Å²) in [6, 6.07) is 6.60. The average molecular weight is 236 g/mol. The van der Waals surface area contributed by atoms with Crippen molar-refractivity contribution in [1.29, 1.82) is 0 Å². The Morgan fingerprint density at radius 1 is 1.47 bits per heavy atom. The number of nitrogens with zero attached hydrogens (tertiary/aromatic N) is 1. The summed E-state index contributed by atoms with van der Waals surface area (Å²) in [5.74, 6) is 0. The zero-order valence-electron chi connectivity index (χ0n) is 9.56. The largest absolute Gasteiger partial charge is 0.388 e. The highest BCUT2D eigenvalue weighted by Gasteiger charge is 2.31. The van der Waals surface area contributed by atoms with Gasteiger partial charge in [-0.25, -0.2) is 0 Å². The molecular formula is C12H16N2O3. The molecule has 2 N–H and O–H groups in total. The van der Waals surface area contributed by atoms with Crippen molar-refractivity contribution < 1.29 is 10.0 Å². The third kappa shape index (κ3) is 2.81. The molecule has 1 aliphatic heterocycles. The van der Waals surface area contributed by atoms with Gasteiger partial charge in [-0.05, 0) is 19.4 Å². The van der Waals surface area contributed by atoms with E-state index in [0.717, 1.165) is 13.0 Å². The first-order valence-corrected chi connectivity index (χ1v) is 5.76. The topological polar surface area (TPSA) is 75.4 Å². The van der Waals surface area contributed by atoms with Gasteiger partial charge >= 0.3 is 0 Å². The lowest BCUT2D eigenvalue weighted by molar-refractivity contribution is -0.385. The van der Waals surface area contributed by atoms with Crippen molar-refractivity contribution in [2.75, 3.05) is 13.1 Å². The van der Waals surface area contributed by atoms with Crippen molar-refractivity contribution in [2.45, 2.75) is 24.9 Å². The molecular weight excluding hydrogens is 220 g/mol. The van der Waals surface area contributed by atoms with E-state index in [1.165, 1.54) is 6.07 Å². The number of nitro groups is 1. The standard InChI is InChI=1S/C12H16N2O3/c15-12(6-3-7-13-9-12)8-10-4-1-2-5-11(10)14(16)17/h1-2,4-5,13,15H,3,6-9H2. The normalized spacial score (nSPS) is 24.5. The average Bonchev–Trinajstić information content (AvgIpc) is 2.29. The molecule has 1 aliphatic rings. The van der Waals surface area contributed by atoms with Crippen molar-refractivity contribution in [3.63, 3.8) is 0 Å². The van der Waals surface area contributed by atoms with Crippen LogP contribution in [-0.4, -0.2) is 28.7 Å². The summed E-state index contributed by atoms with van der Waals surface area (Å²) in [4.78, 5) is 10.5. The van der Waals surface area contributed by atoms with Gasteiger partial charge < -0.3 is 10.4 Å². The molecule has 5 heteroatoms. The molecule has 1 unspecified atom stereocenters. The Kier molecular flexibility index (Phi) is 3.40. The highest BCUT2D eigenvalue weighted by molar-refractivity contribution is 5.40. The Labute approximate surface area is 99.6 Å². The van der Waals surface area contributed by atoms with Crippen molar-refractivity contribution in [3.8, 4) is 0 Å². The predicted molar refractivity (Wildman–Crippen MR) is 63.9 cm³/mol. The second kappa shape index (κ2) is 4.81. The lowest BCUT2D eigenvalue weighted by atomic mass is 9.87. The SMILES string of the molecule is O=[N+]([O-])c1ccccc1CC1(O)CCCNC1. The van der Waals surface area contributed by atoms with E-state index in [9.17, 15) is 15.2 Å². The molecule has 0 saturated carbocycles. The number of aliphatic hydroxyl groups is 1. The summed E-state index contributed by atoms with van der Waals surface area (Å²) in [6.45, 7) is 1.40. The van der Waals surface area contributed by atoms with E-state index in [1.807, 2.05) is 0 Å². The number of nitrogens with one attached hydrogen (secondary N) is 1. The summed E-state index contributed by atoms with van der Waals surface area (Å²) >= 11 is 0. The van der Waals surface area contributed by atoms with Crippen molar-refractivity contribution in [3.05, 3.63) is 39.9 Å². The zero-order valence-corrected chi connectivity index (χ0v) is 9.56. The van der Waals surface area contributed by atoms with Gasteiger partial charge in [-0.1, -0.05) is 18.2 Å². The van der Waals surface area contributed by atoms with E-state index in [0.29, 0.717) is 24.9 Å². The maximum atomic E-state index is 10.9. The summed E-state index contributed by atoms with van der Waals surface area (Å²) in [6.07, 6.45) is 1.92. The van der Waals surface area contributed by atoms with E-state index < -0.39 is 10.5 Å². The molecule has 0 radical (unpaired) electrons.